The maximum absolute atomic E-state index is 12.2. The fourth-order valence-corrected chi connectivity index (χ4v) is 1.96. The molecule has 1 amide bonds. The maximum atomic E-state index is 12.2. The lowest BCUT2D eigenvalue weighted by molar-refractivity contribution is 0.102. The van der Waals surface area contributed by atoms with Gasteiger partial charge < -0.3 is 11.1 Å². The first-order chi connectivity index (χ1) is 9.63. The largest absolute Gasteiger partial charge is 0.399 e. The van der Waals surface area contributed by atoms with E-state index in [0.717, 1.165) is 5.52 Å². The van der Waals surface area contributed by atoms with Gasteiger partial charge in [-0.15, -0.1) is 0 Å². The van der Waals surface area contributed by atoms with Crippen molar-refractivity contribution in [1.82, 2.24) is 20.2 Å². The Bertz CT molecular complexity index is 782. The first kappa shape index (κ1) is 12.5. The number of nitrogen functional groups attached to an aromatic ring is 1. The topological polar surface area (TPSA) is 110 Å². The molecule has 7 nitrogen and oxygen atoms in total. The number of nitrogens with zero attached hydrogens (tertiary/aromatic N) is 3. The van der Waals surface area contributed by atoms with Gasteiger partial charge in [0.05, 0.1) is 17.9 Å². The molecule has 2 heterocycles. The van der Waals surface area contributed by atoms with Crippen LogP contribution in [0.2, 0.25) is 0 Å². The van der Waals surface area contributed by atoms with Crippen LogP contribution < -0.4 is 11.1 Å². The molecule has 20 heavy (non-hydrogen) atoms. The van der Waals surface area contributed by atoms with Crippen molar-refractivity contribution >= 4 is 44.2 Å². The number of benzene rings is 1. The van der Waals surface area contributed by atoms with Crippen molar-refractivity contribution in [2.24, 2.45) is 0 Å². The average Bonchev–Trinajstić information content (AvgIpc) is 2.84. The number of aromatic nitrogens is 4. The van der Waals surface area contributed by atoms with E-state index in [-0.39, 0.29) is 11.6 Å². The molecule has 2 aromatic heterocycles. The summed E-state index contributed by atoms with van der Waals surface area (Å²) in [4.78, 5) is 20.2. The normalized spacial score (nSPS) is 10.7. The van der Waals surface area contributed by atoms with Crippen LogP contribution in [0.1, 0.15) is 10.5 Å². The number of anilines is 2. The van der Waals surface area contributed by atoms with Gasteiger partial charge in [-0.25, -0.2) is 9.97 Å². The van der Waals surface area contributed by atoms with Crippen LogP contribution in [-0.4, -0.2) is 26.1 Å². The lowest BCUT2D eigenvalue weighted by Crippen LogP contribution is -2.14. The van der Waals surface area contributed by atoms with E-state index in [2.05, 4.69) is 41.4 Å². The van der Waals surface area contributed by atoms with Crippen molar-refractivity contribution in [3.8, 4) is 0 Å². The third kappa shape index (κ3) is 2.32. The van der Waals surface area contributed by atoms with Crippen LogP contribution in [0.4, 0.5) is 11.5 Å². The van der Waals surface area contributed by atoms with Gasteiger partial charge in [-0.05, 0) is 34.1 Å². The van der Waals surface area contributed by atoms with Crippen LogP contribution in [0.5, 0.6) is 0 Å². The number of nitrogens with two attached hydrogens (primary N) is 1. The van der Waals surface area contributed by atoms with E-state index in [9.17, 15) is 4.79 Å². The molecular formula is C12H9BrN6O. The molecule has 0 aliphatic heterocycles. The number of hydrogen-bond acceptors (Lipinski definition) is 5. The Hall–Kier alpha value is -2.48. The van der Waals surface area contributed by atoms with Gasteiger partial charge in [0.15, 0.2) is 11.5 Å². The fourth-order valence-electron chi connectivity index (χ4n) is 1.76. The molecule has 3 rings (SSSR count). The molecule has 0 atom stereocenters. The Balaban J connectivity index is 1.92. The second-order valence-electron chi connectivity index (χ2n) is 4.06. The lowest BCUT2D eigenvalue weighted by atomic mass is 10.2. The molecule has 0 spiro atoms. The van der Waals surface area contributed by atoms with Gasteiger partial charge in [-0.2, -0.15) is 5.10 Å². The molecule has 3 aromatic rings. The highest BCUT2D eigenvalue weighted by molar-refractivity contribution is 9.10. The van der Waals surface area contributed by atoms with Gasteiger partial charge in [-0.3, -0.25) is 9.89 Å². The Kier molecular flexibility index (Phi) is 3.07. The van der Waals surface area contributed by atoms with Crippen LogP contribution in [0.3, 0.4) is 0 Å². The zero-order valence-electron chi connectivity index (χ0n) is 10.1. The Morgan fingerprint density at radius 1 is 1.30 bits per heavy atom. The second-order valence-corrected chi connectivity index (χ2v) is 4.87. The van der Waals surface area contributed by atoms with E-state index in [0.29, 0.717) is 21.5 Å². The molecule has 0 radical (unpaired) electrons. The number of fused-ring (bicyclic) bond motifs is 1. The van der Waals surface area contributed by atoms with Gasteiger partial charge >= 0.3 is 0 Å². The number of nitrogens with one attached hydrogen (secondary N) is 2. The quantitative estimate of drug-likeness (QED) is 0.621. The van der Waals surface area contributed by atoms with E-state index in [1.807, 2.05) is 0 Å². The van der Waals surface area contributed by atoms with Crippen LogP contribution in [0.15, 0.2) is 35.2 Å². The van der Waals surface area contributed by atoms with Crippen LogP contribution in [0.25, 0.3) is 10.9 Å². The number of amides is 1. The zero-order chi connectivity index (χ0) is 14.1. The van der Waals surface area contributed by atoms with Crippen molar-refractivity contribution in [2.75, 3.05) is 11.1 Å². The van der Waals surface area contributed by atoms with Crippen molar-refractivity contribution in [1.29, 1.82) is 0 Å². The first-order valence-electron chi connectivity index (χ1n) is 5.66. The van der Waals surface area contributed by atoms with E-state index in [4.69, 9.17) is 5.73 Å². The highest BCUT2D eigenvalue weighted by Crippen LogP contribution is 2.19. The number of halogens is 1. The van der Waals surface area contributed by atoms with E-state index in [1.165, 1.54) is 12.4 Å². The molecule has 0 fully saturated rings. The highest BCUT2D eigenvalue weighted by Gasteiger charge is 2.15. The smallest absolute Gasteiger partial charge is 0.277 e. The van der Waals surface area contributed by atoms with Gasteiger partial charge in [-0.1, -0.05) is 0 Å². The van der Waals surface area contributed by atoms with Gasteiger partial charge in [0.25, 0.3) is 5.91 Å². The van der Waals surface area contributed by atoms with Crippen molar-refractivity contribution < 1.29 is 4.79 Å². The molecule has 8 heteroatoms. The lowest BCUT2D eigenvalue weighted by Gasteiger charge is -2.02. The predicted octanol–water partition coefficient (Wildman–Crippen LogP) is 1.95. The minimum atomic E-state index is -0.376. The summed E-state index contributed by atoms with van der Waals surface area (Å²) < 4.78 is 0.591. The number of rotatable bonds is 2. The molecule has 100 valence electrons. The monoisotopic (exact) mass is 332 g/mol. The maximum Gasteiger partial charge on any atom is 0.277 e. The molecule has 0 aliphatic rings. The van der Waals surface area contributed by atoms with Crippen LogP contribution >= 0.6 is 15.9 Å². The summed E-state index contributed by atoms with van der Waals surface area (Å²) in [6, 6.07) is 5.21. The van der Waals surface area contributed by atoms with E-state index < -0.39 is 0 Å². The van der Waals surface area contributed by atoms with Crippen LogP contribution in [-0.2, 0) is 0 Å². The summed E-state index contributed by atoms with van der Waals surface area (Å²) in [5.74, 6) is -0.0308. The number of hydrogen-bond donors (Lipinski definition) is 3. The van der Waals surface area contributed by atoms with E-state index >= 15 is 0 Å². The number of carbonyl (C=O) groups is 1. The van der Waals surface area contributed by atoms with Gasteiger partial charge in [0.1, 0.15) is 4.60 Å². The minimum absolute atomic E-state index is 0.261. The third-order valence-corrected chi connectivity index (χ3v) is 3.07. The summed E-state index contributed by atoms with van der Waals surface area (Å²) in [6.07, 6.45) is 2.95. The van der Waals surface area contributed by atoms with Crippen molar-refractivity contribution in [3.05, 3.63) is 40.9 Å². The summed E-state index contributed by atoms with van der Waals surface area (Å²) >= 11 is 3.17. The average molecular weight is 333 g/mol. The zero-order valence-corrected chi connectivity index (χ0v) is 11.7. The highest BCUT2D eigenvalue weighted by atomic mass is 79.9. The molecule has 0 saturated carbocycles. The molecule has 0 bridgehead atoms. The fraction of sp³-hybridized carbons (Fsp3) is 0. The minimum Gasteiger partial charge on any atom is -0.399 e. The molecule has 0 saturated heterocycles. The summed E-state index contributed by atoms with van der Waals surface area (Å²) in [5.41, 5.74) is 7.29. The molecule has 0 unspecified atom stereocenters. The predicted molar refractivity (Wildman–Crippen MR) is 78.2 cm³/mol. The van der Waals surface area contributed by atoms with Gasteiger partial charge in [0.2, 0.25) is 0 Å². The molecule has 4 N–H and O–H groups in total. The van der Waals surface area contributed by atoms with Gasteiger partial charge in [0, 0.05) is 11.1 Å². The Morgan fingerprint density at radius 2 is 2.15 bits per heavy atom. The standard InChI is InChI=1S/C12H9BrN6O/c13-9-4-16-10(5-15-9)17-12(20)11-7-3-6(14)1-2-8(7)18-19-11/h1-5H,14H2,(H,18,19)(H,16,17,20). The number of aromatic amines is 1. The van der Waals surface area contributed by atoms with E-state index in [1.54, 1.807) is 18.2 Å². The third-order valence-electron chi connectivity index (χ3n) is 2.66. The second kappa shape index (κ2) is 4.89. The Morgan fingerprint density at radius 3 is 2.90 bits per heavy atom. The number of H-pyrrole nitrogens is 1. The SMILES string of the molecule is Nc1ccc2[nH]nc(C(=O)Nc3cnc(Br)cn3)c2c1. The first-order valence-corrected chi connectivity index (χ1v) is 6.45. The number of carbonyl (C=O) groups excluding carboxylic acids is 1. The molecule has 0 aliphatic carbocycles. The summed E-state index contributed by atoms with van der Waals surface area (Å²) in [6.45, 7) is 0. The molecule has 1 aromatic carbocycles. The summed E-state index contributed by atoms with van der Waals surface area (Å²) in [7, 11) is 0. The van der Waals surface area contributed by atoms with Crippen LogP contribution in [0, 0.1) is 0 Å². The van der Waals surface area contributed by atoms with Crippen molar-refractivity contribution in [2.45, 2.75) is 0 Å². The Labute approximate surface area is 121 Å². The summed E-state index contributed by atoms with van der Waals surface area (Å²) in [5, 5.41) is 10.1. The molecular weight excluding hydrogens is 324 g/mol. The van der Waals surface area contributed by atoms with Crippen molar-refractivity contribution in [3.63, 3.8) is 0 Å².